The van der Waals surface area contributed by atoms with Gasteiger partial charge in [-0.1, -0.05) is 35.9 Å². The van der Waals surface area contributed by atoms with Crippen LogP contribution in [-0.2, 0) is 4.74 Å². The van der Waals surface area contributed by atoms with E-state index in [-0.39, 0.29) is 18.1 Å². The average molecular weight is 382 g/mol. The Bertz CT molecular complexity index is 878. The molecule has 27 heavy (non-hydrogen) atoms. The number of nitriles is 1. The van der Waals surface area contributed by atoms with E-state index in [1.165, 1.54) is 0 Å². The molecule has 2 heterocycles. The lowest BCUT2D eigenvalue weighted by atomic mass is 10.1. The van der Waals surface area contributed by atoms with Crippen LogP contribution in [0.5, 0.6) is 0 Å². The molecule has 0 spiro atoms. The third-order valence-electron chi connectivity index (χ3n) is 5.29. The van der Waals surface area contributed by atoms with E-state index in [2.05, 4.69) is 16.3 Å². The van der Waals surface area contributed by atoms with Crippen molar-refractivity contribution in [2.75, 3.05) is 19.7 Å². The molecule has 138 valence electrons. The third-order valence-corrected chi connectivity index (χ3v) is 5.54. The minimum absolute atomic E-state index is 0.0206. The highest BCUT2D eigenvalue weighted by Crippen LogP contribution is 2.31. The van der Waals surface area contributed by atoms with Crippen LogP contribution in [0.15, 0.2) is 48.5 Å². The first-order valence-corrected chi connectivity index (χ1v) is 9.43. The van der Waals surface area contributed by atoms with Crippen molar-refractivity contribution in [3.63, 3.8) is 0 Å². The standard InChI is InChI=1S/C21H20ClN3O2/c22-16-7-5-14(6-8-16)20-12-25-11-17(9-18(25)13-27-20)24-21(26)19-4-2-1-3-15(19)10-23/h1-8,17-18,20H,9,11-13H2,(H,24,26)/t17-,18-,20+/m0/s1. The predicted molar refractivity (Wildman–Crippen MR) is 103 cm³/mol. The van der Waals surface area contributed by atoms with Crippen LogP contribution < -0.4 is 5.32 Å². The Kier molecular flexibility index (Phi) is 5.13. The minimum atomic E-state index is -0.188. The maximum absolute atomic E-state index is 12.6. The third kappa shape index (κ3) is 3.84. The number of hydrogen-bond donors (Lipinski definition) is 1. The number of morpholine rings is 1. The van der Waals surface area contributed by atoms with E-state index in [9.17, 15) is 10.1 Å². The predicted octanol–water partition coefficient (Wildman–Crippen LogP) is 3.16. The van der Waals surface area contributed by atoms with Gasteiger partial charge in [-0.3, -0.25) is 9.69 Å². The van der Waals surface area contributed by atoms with Gasteiger partial charge in [0.25, 0.3) is 5.91 Å². The molecule has 6 heteroatoms. The van der Waals surface area contributed by atoms with Gasteiger partial charge in [-0.05, 0) is 36.2 Å². The first-order valence-electron chi connectivity index (χ1n) is 9.05. The van der Waals surface area contributed by atoms with Crippen LogP contribution in [-0.4, -0.2) is 42.6 Å². The van der Waals surface area contributed by atoms with E-state index in [0.29, 0.717) is 28.8 Å². The molecule has 1 N–H and O–H groups in total. The lowest BCUT2D eigenvalue weighted by molar-refractivity contribution is -0.0502. The fourth-order valence-corrected chi connectivity index (χ4v) is 4.03. The smallest absolute Gasteiger partial charge is 0.252 e. The molecule has 0 saturated carbocycles. The number of amides is 1. The molecule has 0 aliphatic carbocycles. The maximum atomic E-state index is 12.6. The number of fused-ring (bicyclic) bond motifs is 1. The molecular formula is C21H20ClN3O2. The van der Waals surface area contributed by atoms with E-state index in [4.69, 9.17) is 16.3 Å². The molecule has 2 fully saturated rings. The van der Waals surface area contributed by atoms with E-state index in [1.807, 2.05) is 24.3 Å². The fraction of sp³-hybridized carbons (Fsp3) is 0.333. The van der Waals surface area contributed by atoms with Crippen LogP contribution in [0.1, 0.15) is 34.0 Å². The first kappa shape index (κ1) is 18.0. The zero-order chi connectivity index (χ0) is 18.8. The molecule has 0 bridgehead atoms. The summed E-state index contributed by atoms with van der Waals surface area (Å²) in [4.78, 5) is 15.0. The Balaban J connectivity index is 1.39. The Hall–Kier alpha value is -2.39. The van der Waals surface area contributed by atoms with Crippen molar-refractivity contribution < 1.29 is 9.53 Å². The monoisotopic (exact) mass is 381 g/mol. The Labute approximate surface area is 163 Å². The molecule has 0 radical (unpaired) electrons. The zero-order valence-electron chi connectivity index (χ0n) is 14.8. The highest BCUT2D eigenvalue weighted by molar-refractivity contribution is 6.30. The van der Waals surface area contributed by atoms with Crippen LogP contribution in [0.25, 0.3) is 0 Å². The fourth-order valence-electron chi connectivity index (χ4n) is 3.90. The second-order valence-electron chi connectivity index (χ2n) is 7.04. The second kappa shape index (κ2) is 7.69. The second-order valence-corrected chi connectivity index (χ2v) is 7.48. The molecule has 1 amide bonds. The number of nitrogens with one attached hydrogen (secondary N) is 1. The number of halogens is 1. The van der Waals surface area contributed by atoms with Gasteiger partial charge in [-0.2, -0.15) is 5.26 Å². The van der Waals surface area contributed by atoms with Gasteiger partial charge >= 0.3 is 0 Å². The lowest BCUT2D eigenvalue weighted by Gasteiger charge is -2.35. The van der Waals surface area contributed by atoms with E-state index in [0.717, 1.165) is 25.1 Å². The number of benzene rings is 2. The highest BCUT2D eigenvalue weighted by Gasteiger charge is 2.38. The van der Waals surface area contributed by atoms with Crippen LogP contribution in [0.3, 0.4) is 0 Å². The van der Waals surface area contributed by atoms with Gasteiger partial charge in [-0.15, -0.1) is 0 Å². The summed E-state index contributed by atoms with van der Waals surface area (Å²) in [5.41, 5.74) is 1.95. The zero-order valence-corrected chi connectivity index (χ0v) is 15.5. The molecule has 2 aromatic rings. The molecule has 2 aliphatic rings. The van der Waals surface area contributed by atoms with E-state index < -0.39 is 0 Å². The molecule has 4 rings (SSSR count). The van der Waals surface area contributed by atoms with Gasteiger partial charge in [0, 0.05) is 30.2 Å². The summed E-state index contributed by atoms with van der Waals surface area (Å²) >= 11 is 5.97. The van der Waals surface area contributed by atoms with Crippen molar-refractivity contribution in [1.29, 1.82) is 5.26 Å². The van der Waals surface area contributed by atoms with Gasteiger partial charge < -0.3 is 10.1 Å². The van der Waals surface area contributed by atoms with Crippen LogP contribution in [0, 0.1) is 11.3 Å². The number of hydrogen-bond acceptors (Lipinski definition) is 4. The Morgan fingerprint density at radius 2 is 1.96 bits per heavy atom. The Morgan fingerprint density at radius 1 is 1.19 bits per heavy atom. The highest BCUT2D eigenvalue weighted by atomic mass is 35.5. The van der Waals surface area contributed by atoms with Gasteiger partial charge in [0.05, 0.1) is 29.9 Å². The number of carbonyl (C=O) groups excluding carboxylic acids is 1. The quantitative estimate of drug-likeness (QED) is 0.886. The number of nitrogens with zero attached hydrogens (tertiary/aromatic N) is 2. The van der Waals surface area contributed by atoms with Crippen molar-refractivity contribution in [2.24, 2.45) is 0 Å². The van der Waals surface area contributed by atoms with Gasteiger partial charge in [-0.25, -0.2) is 0 Å². The van der Waals surface area contributed by atoms with Gasteiger partial charge in [0.2, 0.25) is 0 Å². The number of rotatable bonds is 3. The summed E-state index contributed by atoms with van der Waals surface area (Å²) in [6, 6.07) is 17.1. The van der Waals surface area contributed by atoms with Crippen molar-refractivity contribution in [3.05, 3.63) is 70.2 Å². The van der Waals surface area contributed by atoms with Crippen LogP contribution >= 0.6 is 11.6 Å². The number of ether oxygens (including phenoxy) is 1. The lowest BCUT2D eigenvalue weighted by Crippen LogP contribution is -2.43. The van der Waals surface area contributed by atoms with Crippen molar-refractivity contribution >= 4 is 17.5 Å². The molecule has 3 atom stereocenters. The summed E-state index contributed by atoms with van der Waals surface area (Å²) < 4.78 is 6.05. The number of carbonyl (C=O) groups is 1. The van der Waals surface area contributed by atoms with Crippen molar-refractivity contribution in [2.45, 2.75) is 24.6 Å². The summed E-state index contributed by atoms with van der Waals surface area (Å²) in [5, 5.41) is 13.0. The molecule has 0 unspecified atom stereocenters. The molecule has 2 aromatic carbocycles. The molecular weight excluding hydrogens is 362 g/mol. The molecule has 2 aliphatic heterocycles. The Morgan fingerprint density at radius 3 is 2.74 bits per heavy atom. The van der Waals surface area contributed by atoms with Gasteiger partial charge in [0.1, 0.15) is 0 Å². The first-order chi connectivity index (χ1) is 13.1. The largest absolute Gasteiger partial charge is 0.371 e. The summed E-state index contributed by atoms with van der Waals surface area (Å²) in [5.74, 6) is -0.188. The maximum Gasteiger partial charge on any atom is 0.252 e. The summed E-state index contributed by atoms with van der Waals surface area (Å²) in [6.45, 7) is 2.24. The van der Waals surface area contributed by atoms with Crippen molar-refractivity contribution in [3.8, 4) is 6.07 Å². The van der Waals surface area contributed by atoms with Gasteiger partial charge in [0.15, 0.2) is 0 Å². The van der Waals surface area contributed by atoms with Crippen LogP contribution in [0.4, 0.5) is 0 Å². The van der Waals surface area contributed by atoms with Crippen molar-refractivity contribution in [1.82, 2.24) is 10.2 Å². The molecule has 2 saturated heterocycles. The van der Waals surface area contributed by atoms with E-state index >= 15 is 0 Å². The summed E-state index contributed by atoms with van der Waals surface area (Å²) in [7, 11) is 0. The minimum Gasteiger partial charge on any atom is -0.371 e. The molecule has 0 aromatic heterocycles. The molecule has 5 nitrogen and oxygen atoms in total. The van der Waals surface area contributed by atoms with E-state index in [1.54, 1.807) is 24.3 Å². The SMILES string of the molecule is N#Cc1ccccc1C(=O)N[C@H]1C[C@H]2CO[C@@H](c3ccc(Cl)cc3)CN2C1. The normalized spacial score (nSPS) is 24.8. The summed E-state index contributed by atoms with van der Waals surface area (Å²) in [6.07, 6.45) is 0.876. The van der Waals surface area contributed by atoms with Crippen LogP contribution in [0.2, 0.25) is 5.02 Å². The average Bonchev–Trinajstić information content (AvgIpc) is 3.09. The topological polar surface area (TPSA) is 65.4 Å².